The molecule has 0 spiro atoms. The lowest BCUT2D eigenvalue weighted by molar-refractivity contribution is -0.161. The van der Waals surface area contributed by atoms with E-state index < -0.39 is 97.5 Å². The van der Waals surface area contributed by atoms with Crippen molar-refractivity contribution in [1.29, 1.82) is 0 Å². The van der Waals surface area contributed by atoms with Gasteiger partial charge in [-0.05, 0) is 141 Å². The third-order valence-electron chi connectivity index (χ3n) is 17.3. The van der Waals surface area contributed by atoms with Gasteiger partial charge in [-0.15, -0.1) is 0 Å². The lowest BCUT2D eigenvalue weighted by atomic mass is 10.0. The molecule has 0 fully saturated rings. The summed E-state index contributed by atoms with van der Waals surface area (Å²) >= 11 is 0. The highest BCUT2D eigenvalue weighted by atomic mass is 31.2. The largest absolute Gasteiger partial charge is 0.472 e. The Bertz CT molecular complexity index is 2610. The summed E-state index contributed by atoms with van der Waals surface area (Å²) in [4.78, 5) is 73.2. The van der Waals surface area contributed by atoms with E-state index in [-0.39, 0.29) is 25.7 Å². The van der Waals surface area contributed by atoms with Gasteiger partial charge in [-0.3, -0.25) is 37.3 Å². The number of aliphatic hydroxyl groups excluding tert-OH is 1. The lowest BCUT2D eigenvalue weighted by Gasteiger charge is -2.21. The van der Waals surface area contributed by atoms with Crippen molar-refractivity contribution in [3.05, 3.63) is 146 Å². The first-order chi connectivity index (χ1) is 52.7. The van der Waals surface area contributed by atoms with Gasteiger partial charge in [-0.2, -0.15) is 0 Å². The predicted octanol–water partition coefficient (Wildman–Crippen LogP) is 25.0. The van der Waals surface area contributed by atoms with Crippen LogP contribution in [0.1, 0.15) is 336 Å². The van der Waals surface area contributed by atoms with E-state index in [0.29, 0.717) is 25.7 Å². The van der Waals surface area contributed by atoms with Crippen LogP contribution in [0.3, 0.4) is 0 Å². The van der Waals surface area contributed by atoms with Gasteiger partial charge in [0.2, 0.25) is 0 Å². The standard InChI is InChI=1S/C89H150O17P2/c1-5-9-13-17-21-25-29-33-37-40-41-44-47-50-54-58-62-66-70-74-87(92)100-80-85(106-89(94)76-72-68-64-60-56-52-48-43-39-35-31-27-23-19-15-11-7-3)82-104-108(97,98)102-78-83(90)77-101-107(95,96)103-81-84(105-88(93)75-71-67-63-59-55-51-45-36-32-28-24-20-16-12-8-4)79-99-86(91)73-69-65-61-57-53-49-46-42-38-34-30-26-22-18-14-10-6-2/h9-11,13-15,21-23,25-27,33-35,37-39,41,44,48,50,52,54,83-85,90H,5-8,12,16-20,24,28-32,36,40,42-43,45-47,49,51,53,55-82H2,1-4H3,(H,95,96)(H,97,98)/b13-9-,14-10-,15-11-,25-21-,26-22-,27-23-,37-33-,38-34-,39-35-,44-41-,52-48-,54-50-. The second kappa shape index (κ2) is 80.0. The van der Waals surface area contributed by atoms with E-state index in [0.717, 1.165) is 193 Å². The van der Waals surface area contributed by atoms with Gasteiger partial charge in [-0.1, -0.05) is 315 Å². The summed E-state index contributed by atoms with van der Waals surface area (Å²) in [6.45, 7) is 4.50. The van der Waals surface area contributed by atoms with E-state index in [2.05, 4.69) is 174 Å². The first-order valence-electron chi connectivity index (χ1n) is 42.1. The van der Waals surface area contributed by atoms with E-state index in [9.17, 15) is 43.2 Å². The SMILES string of the molecule is CC/C=C\C/C=C\C/C=C\C/C=C\C/C=C\CCCCCC(=O)OCC(COP(=O)(O)OCC(O)COP(=O)(O)OCC(COC(=O)CCCCCCCCC/C=C\C/C=C\C/C=C\CC)OC(=O)CCCCCCCCCCCCCCCCC)OC(=O)CCCCCC/C=C\C/C=C\C/C=C\C/C=C\CC. The average molecular weight is 1550 g/mol. The summed E-state index contributed by atoms with van der Waals surface area (Å²) in [6, 6.07) is 0. The van der Waals surface area contributed by atoms with Crippen molar-refractivity contribution < 1.29 is 80.2 Å². The number of carbonyl (C=O) groups is 4. The van der Waals surface area contributed by atoms with Gasteiger partial charge in [0, 0.05) is 25.7 Å². The summed E-state index contributed by atoms with van der Waals surface area (Å²) < 4.78 is 68.8. The van der Waals surface area contributed by atoms with Crippen molar-refractivity contribution in [2.75, 3.05) is 39.6 Å². The monoisotopic (exact) mass is 1550 g/mol. The van der Waals surface area contributed by atoms with Crippen LogP contribution < -0.4 is 0 Å². The molecule has 0 aliphatic carbocycles. The zero-order chi connectivity index (χ0) is 78.9. The molecule has 0 radical (unpaired) electrons. The van der Waals surface area contributed by atoms with Crippen LogP contribution in [-0.2, 0) is 65.4 Å². The van der Waals surface area contributed by atoms with Gasteiger partial charge >= 0.3 is 39.5 Å². The Morgan fingerprint density at radius 1 is 0.269 bits per heavy atom. The van der Waals surface area contributed by atoms with Gasteiger partial charge < -0.3 is 33.8 Å². The Hall–Kier alpha value is -5.06. The number of esters is 4. The van der Waals surface area contributed by atoms with Crippen LogP contribution in [0.4, 0.5) is 0 Å². The summed E-state index contributed by atoms with van der Waals surface area (Å²) in [6.07, 6.45) is 92.4. The summed E-state index contributed by atoms with van der Waals surface area (Å²) in [7, 11) is -9.99. The molecule has 0 heterocycles. The third-order valence-corrected chi connectivity index (χ3v) is 19.2. The van der Waals surface area contributed by atoms with Gasteiger partial charge in [0.25, 0.3) is 0 Å². The normalized spacial score (nSPS) is 14.5. The molecule has 17 nitrogen and oxygen atoms in total. The molecule has 5 atom stereocenters. The molecular formula is C89H150O17P2. The number of unbranched alkanes of at least 4 members (excludes halogenated alkanes) is 28. The number of rotatable bonds is 78. The highest BCUT2D eigenvalue weighted by Gasteiger charge is 2.30. The maximum atomic E-state index is 13.1. The van der Waals surface area contributed by atoms with Crippen molar-refractivity contribution in [2.45, 2.75) is 354 Å². The summed E-state index contributed by atoms with van der Waals surface area (Å²) in [5.74, 6) is -2.24. The fraction of sp³-hybridized carbons (Fsp3) is 0.685. The number of phosphoric ester groups is 2. The van der Waals surface area contributed by atoms with E-state index in [4.69, 9.17) is 37.0 Å². The summed E-state index contributed by atoms with van der Waals surface area (Å²) in [5.41, 5.74) is 0. The van der Waals surface area contributed by atoms with E-state index >= 15 is 0 Å². The first kappa shape index (κ1) is 103. The number of hydrogen-bond acceptors (Lipinski definition) is 15. The Balaban J connectivity index is 5.43. The highest BCUT2D eigenvalue weighted by molar-refractivity contribution is 7.47. The van der Waals surface area contributed by atoms with Gasteiger partial charge in [0.15, 0.2) is 12.2 Å². The molecule has 19 heteroatoms. The van der Waals surface area contributed by atoms with Gasteiger partial charge in [0.05, 0.1) is 26.4 Å². The maximum absolute atomic E-state index is 13.1. The minimum absolute atomic E-state index is 0.0554. The second-order valence-corrected chi connectivity index (χ2v) is 30.5. The van der Waals surface area contributed by atoms with E-state index in [1.165, 1.54) is 64.2 Å². The van der Waals surface area contributed by atoms with Crippen LogP contribution in [0.15, 0.2) is 146 Å². The number of phosphoric acid groups is 2. The molecule has 618 valence electrons. The highest BCUT2D eigenvalue weighted by Crippen LogP contribution is 2.45. The van der Waals surface area contributed by atoms with Crippen LogP contribution >= 0.6 is 15.6 Å². The van der Waals surface area contributed by atoms with Crippen LogP contribution in [0, 0.1) is 0 Å². The molecule has 0 saturated heterocycles. The van der Waals surface area contributed by atoms with Crippen LogP contribution in [-0.4, -0.2) is 96.7 Å². The van der Waals surface area contributed by atoms with Gasteiger partial charge in [-0.25, -0.2) is 9.13 Å². The predicted molar refractivity (Wildman–Crippen MR) is 445 cm³/mol. The molecule has 0 aromatic carbocycles. The molecule has 3 N–H and O–H groups in total. The zero-order valence-electron chi connectivity index (χ0n) is 67.7. The Kier molecular flexibility index (Phi) is 76.3. The molecule has 5 unspecified atom stereocenters. The molecule has 0 aromatic rings. The fourth-order valence-electron chi connectivity index (χ4n) is 11.0. The molecule has 0 amide bonds. The quantitative estimate of drug-likeness (QED) is 0.0169. The molecule has 0 aromatic heterocycles. The van der Waals surface area contributed by atoms with E-state index in [1.54, 1.807) is 0 Å². The molecule has 0 bridgehead atoms. The molecule has 0 rings (SSSR count). The van der Waals surface area contributed by atoms with E-state index in [1.807, 2.05) is 0 Å². The summed E-state index contributed by atoms with van der Waals surface area (Å²) in [5, 5.41) is 10.7. The Labute approximate surface area is 656 Å². The van der Waals surface area contributed by atoms with Crippen LogP contribution in [0.5, 0.6) is 0 Å². The second-order valence-electron chi connectivity index (χ2n) is 27.6. The lowest BCUT2D eigenvalue weighted by Crippen LogP contribution is -2.30. The zero-order valence-corrected chi connectivity index (χ0v) is 69.5. The van der Waals surface area contributed by atoms with Crippen molar-refractivity contribution in [2.24, 2.45) is 0 Å². The third kappa shape index (κ3) is 79.0. The fourth-order valence-corrected chi connectivity index (χ4v) is 12.6. The van der Waals surface area contributed by atoms with Crippen LogP contribution in [0.25, 0.3) is 0 Å². The van der Waals surface area contributed by atoms with Crippen molar-refractivity contribution >= 4 is 39.5 Å². The van der Waals surface area contributed by atoms with Crippen molar-refractivity contribution in [1.82, 2.24) is 0 Å². The number of allylic oxidation sites excluding steroid dienone is 24. The molecule has 108 heavy (non-hydrogen) atoms. The van der Waals surface area contributed by atoms with Crippen molar-refractivity contribution in [3.8, 4) is 0 Å². The number of carbonyl (C=O) groups excluding carboxylic acids is 4. The number of hydrogen-bond donors (Lipinski definition) is 3. The molecular weight excluding hydrogens is 1400 g/mol. The first-order valence-corrected chi connectivity index (χ1v) is 45.1. The minimum atomic E-state index is -5.00. The number of ether oxygens (including phenoxy) is 4. The minimum Gasteiger partial charge on any atom is -0.462 e. The maximum Gasteiger partial charge on any atom is 0.472 e. The Morgan fingerprint density at radius 2 is 0.481 bits per heavy atom. The molecule has 0 aliphatic heterocycles. The Morgan fingerprint density at radius 3 is 0.750 bits per heavy atom. The smallest absolute Gasteiger partial charge is 0.462 e. The van der Waals surface area contributed by atoms with Gasteiger partial charge in [0.1, 0.15) is 19.3 Å². The van der Waals surface area contributed by atoms with Crippen LogP contribution in [0.2, 0.25) is 0 Å². The molecule has 0 aliphatic rings. The van der Waals surface area contributed by atoms with Crippen molar-refractivity contribution in [3.63, 3.8) is 0 Å². The average Bonchev–Trinajstić information content (AvgIpc) is 0.906. The molecule has 0 saturated carbocycles. The topological polar surface area (TPSA) is 237 Å². The number of aliphatic hydroxyl groups is 1.